The van der Waals surface area contributed by atoms with Crippen LogP contribution in [0.5, 0.6) is 0 Å². The first-order valence-electron chi connectivity index (χ1n) is 6.37. The molecule has 0 aliphatic carbocycles. The van der Waals surface area contributed by atoms with E-state index in [0.29, 0.717) is 5.69 Å². The van der Waals surface area contributed by atoms with E-state index < -0.39 is 6.09 Å². The van der Waals surface area contributed by atoms with E-state index in [1.807, 2.05) is 43.3 Å². The van der Waals surface area contributed by atoms with E-state index >= 15 is 0 Å². The molecule has 20 heavy (non-hydrogen) atoms. The Labute approximate surface area is 118 Å². The predicted octanol–water partition coefficient (Wildman–Crippen LogP) is 3.24. The van der Waals surface area contributed by atoms with Gasteiger partial charge in [0.15, 0.2) is 0 Å². The van der Waals surface area contributed by atoms with Crippen LogP contribution in [0.15, 0.2) is 48.5 Å². The lowest BCUT2D eigenvalue weighted by atomic mass is 10.1. The number of carbonyl (C=O) groups excluding carboxylic acids is 1. The average molecular weight is 271 g/mol. The van der Waals surface area contributed by atoms with Crippen molar-refractivity contribution in [1.82, 2.24) is 0 Å². The normalized spacial score (nSPS) is 10.1. The largest absolute Gasteiger partial charge is 0.444 e. The Balaban J connectivity index is 1.95. The standard InChI is InChI=1S/C16H17NO3/c1-12-14(10-18)8-5-9-15(12)17-16(19)20-11-13-6-3-2-4-7-13/h2-9,18H,10-11H2,1H3,(H,17,19). The van der Waals surface area contributed by atoms with Gasteiger partial charge in [-0.3, -0.25) is 5.32 Å². The molecule has 0 fully saturated rings. The van der Waals surface area contributed by atoms with E-state index in [0.717, 1.165) is 16.7 Å². The Morgan fingerprint density at radius 1 is 1.15 bits per heavy atom. The molecule has 0 radical (unpaired) electrons. The average Bonchev–Trinajstić information content (AvgIpc) is 2.48. The lowest BCUT2D eigenvalue weighted by Gasteiger charge is -2.11. The number of anilines is 1. The van der Waals surface area contributed by atoms with Gasteiger partial charge in [0.1, 0.15) is 6.61 Å². The van der Waals surface area contributed by atoms with E-state index in [1.165, 1.54) is 0 Å². The lowest BCUT2D eigenvalue weighted by molar-refractivity contribution is 0.155. The zero-order chi connectivity index (χ0) is 14.4. The molecular weight excluding hydrogens is 254 g/mol. The molecule has 0 aromatic heterocycles. The number of aliphatic hydroxyl groups is 1. The number of ether oxygens (including phenoxy) is 1. The Hall–Kier alpha value is -2.33. The summed E-state index contributed by atoms with van der Waals surface area (Å²) in [6.45, 7) is 2.02. The molecule has 104 valence electrons. The first-order valence-corrected chi connectivity index (χ1v) is 6.37. The van der Waals surface area contributed by atoms with Crippen LogP contribution in [0.25, 0.3) is 0 Å². The number of aliphatic hydroxyl groups excluding tert-OH is 1. The number of hydrogen-bond acceptors (Lipinski definition) is 3. The van der Waals surface area contributed by atoms with Crippen molar-refractivity contribution in [3.63, 3.8) is 0 Å². The molecule has 0 aliphatic heterocycles. The fraction of sp³-hybridized carbons (Fsp3) is 0.188. The second-order valence-corrected chi connectivity index (χ2v) is 4.43. The summed E-state index contributed by atoms with van der Waals surface area (Å²) < 4.78 is 5.15. The molecule has 0 unspecified atom stereocenters. The van der Waals surface area contributed by atoms with Crippen molar-refractivity contribution in [2.24, 2.45) is 0 Å². The van der Waals surface area contributed by atoms with Crippen molar-refractivity contribution in [3.8, 4) is 0 Å². The molecule has 0 heterocycles. The van der Waals surface area contributed by atoms with Crippen molar-refractivity contribution in [1.29, 1.82) is 0 Å². The van der Waals surface area contributed by atoms with Gasteiger partial charge in [0, 0.05) is 5.69 Å². The first-order chi connectivity index (χ1) is 9.70. The van der Waals surface area contributed by atoms with Gasteiger partial charge >= 0.3 is 6.09 Å². The molecule has 0 atom stereocenters. The maximum atomic E-state index is 11.7. The second-order valence-electron chi connectivity index (χ2n) is 4.43. The highest BCUT2D eigenvalue weighted by Crippen LogP contribution is 2.19. The van der Waals surface area contributed by atoms with Crippen LogP contribution in [0.4, 0.5) is 10.5 Å². The maximum Gasteiger partial charge on any atom is 0.411 e. The van der Waals surface area contributed by atoms with E-state index in [4.69, 9.17) is 4.74 Å². The van der Waals surface area contributed by atoms with Crippen LogP contribution in [-0.2, 0) is 18.0 Å². The number of nitrogens with one attached hydrogen (secondary N) is 1. The Morgan fingerprint density at radius 2 is 1.90 bits per heavy atom. The molecule has 4 nitrogen and oxygen atoms in total. The number of amides is 1. The summed E-state index contributed by atoms with van der Waals surface area (Å²) in [5.41, 5.74) is 3.20. The molecule has 1 amide bonds. The van der Waals surface area contributed by atoms with Crippen LogP contribution >= 0.6 is 0 Å². The summed E-state index contributed by atoms with van der Waals surface area (Å²) in [4.78, 5) is 11.7. The van der Waals surface area contributed by atoms with Gasteiger partial charge in [0.05, 0.1) is 6.61 Å². The number of rotatable bonds is 4. The van der Waals surface area contributed by atoms with Gasteiger partial charge in [-0.2, -0.15) is 0 Å². The molecule has 0 saturated heterocycles. The second kappa shape index (κ2) is 6.73. The Bertz CT molecular complexity index is 582. The third-order valence-electron chi connectivity index (χ3n) is 3.07. The summed E-state index contributed by atoms with van der Waals surface area (Å²) in [5.74, 6) is 0. The van der Waals surface area contributed by atoms with E-state index in [9.17, 15) is 9.90 Å². The summed E-state index contributed by atoms with van der Waals surface area (Å²) in [6, 6.07) is 14.9. The van der Waals surface area contributed by atoms with Crippen LogP contribution in [0.3, 0.4) is 0 Å². The van der Waals surface area contributed by atoms with Gasteiger partial charge in [-0.15, -0.1) is 0 Å². The van der Waals surface area contributed by atoms with Crippen LogP contribution in [0, 0.1) is 6.92 Å². The fourth-order valence-electron chi connectivity index (χ4n) is 1.86. The minimum absolute atomic E-state index is 0.0551. The molecule has 2 aromatic rings. The number of carbonyl (C=O) groups is 1. The zero-order valence-electron chi connectivity index (χ0n) is 11.3. The fourth-order valence-corrected chi connectivity index (χ4v) is 1.86. The minimum atomic E-state index is -0.507. The molecule has 2 aromatic carbocycles. The topological polar surface area (TPSA) is 58.6 Å². The molecule has 2 N–H and O–H groups in total. The van der Waals surface area contributed by atoms with E-state index in [2.05, 4.69) is 5.32 Å². The summed E-state index contributed by atoms with van der Waals surface area (Å²) in [5, 5.41) is 11.9. The molecular formula is C16H17NO3. The van der Waals surface area contributed by atoms with E-state index in [-0.39, 0.29) is 13.2 Å². The van der Waals surface area contributed by atoms with Crippen LogP contribution in [-0.4, -0.2) is 11.2 Å². The Kier molecular flexibility index (Phi) is 4.74. The molecule has 0 saturated carbocycles. The van der Waals surface area contributed by atoms with E-state index in [1.54, 1.807) is 12.1 Å². The highest BCUT2D eigenvalue weighted by atomic mass is 16.5. The van der Waals surface area contributed by atoms with Crippen LogP contribution in [0.2, 0.25) is 0 Å². The molecule has 4 heteroatoms. The minimum Gasteiger partial charge on any atom is -0.444 e. The Morgan fingerprint density at radius 3 is 2.60 bits per heavy atom. The number of hydrogen-bond donors (Lipinski definition) is 2. The monoisotopic (exact) mass is 271 g/mol. The highest BCUT2D eigenvalue weighted by Gasteiger charge is 2.08. The van der Waals surface area contributed by atoms with Gasteiger partial charge in [-0.25, -0.2) is 4.79 Å². The van der Waals surface area contributed by atoms with Crippen molar-refractivity contribution in [2.45, 2.75) is 20.1 Å². The first kappa shape index (κ1) is 14.1. The third-order valence-corrected chi connectivity index (χ3v) is 3.07. The third kappa shape index (κ3) is 3.59. The molecule has 0 aliphatic rings. The highest BCUT2D eigenvalue weighted by molar-refractivity contribution is 5.85. The van der Waals surface area contributed by atoms with Crippen molar-refractivity contribution >= 4 is 11.8 Å². The summed E-state index contributed by atoms with van der Waals surface area (Å²) in [6.07, 6.45) is -0.507. The molecule has 2 rings (SSSR count). The van der Waals surface area contributed by atoms with Crippen molar-refractivity contribution in [2.75, 3.05) is 5.32 Å². The van der Waals surface area contributed by atoms with Gasteiger partial charge in [-0.1, -0.05) is 42.5 Å². The van der Waals surface area contributed by atoms with Crippen LogP contribution < -0.4 is 5.32 Å². The smallest absolute Gasteiger partial charge is 0.411 e. The van der Waals surface area contributed by atoms with Crippen molar-refractivity contribution < 1.29 is 14.6 Å². The predicted molar refractivity (Wildman–Crippen MR) is 77.4 cm³/mol. The van der Waals surface area contributed by atoms with Gasteiger partial charge < -0.3 is 9.84 Å². The number of benzene rings is 2. The van der Waals surface area contributed by atoms with Gasteiger partial charge in [-0.05, 0) is 29.7 Å². The maximum absolute atomic E-state index is 11.7. The van der Waals surface area contributed by atoms with Crippen molar-refractivity contribution in [3.05, 3.63) is 65.2 Å². The molecule has 0 bridgehead atoms. The summed E-state index contributed by atoms with van der Waals surface area (Å²) >= 11 is 0. The quantitative estimate of drug-likeness (QED) is 0.897. The zero-order valence-corrected chi connectivity index (χ0v) is 11.3. The van der Waals surface area contributed by atoms with Gasteiger partial charge in [0.2, 0.25) is 0 Å². The van der Waals surface area contributed by atoms with Gasteiger partial charge in [0.25, 0.3) is 0 Å². The SMILES string of the molecule is Cc1c(CO)cccc1NC(=O)OCc1ccccc1. The summed E-state index contributed by atoms with van der Waals surface area (Å²) in [7, 11) is 0. The molecule has 0 spiro atoms. The lowest BCUT2D eigenvalue weighted by Crippen LogP contribution is -2.14. The van der Waals surface area contributed by atoms with Crippen LogP contribution in [0.1, 0.15) is 16.7 Å².